The highest BCUT2D eigenvalue weighted by Crippen LogP contribution is 2.44. The van der Waals surface area contributed by atoms with Gasteiger partial charge in [-0.15, -0.1) is 0 Å². The third-order valence-electron chi connectivity index (χ3n) is 4.20. The number of rotatable bonds is 6. The molecule has 1 unspecified atom stereocenters. The van der Waals surface area contributed by atoms with Crippen molar-refractivity contribution in [3.05, 3.63) is 34.9 Å². The molecule has 4 nitrogen and oxygen atoms in total. The van der Waals surface area contributed by atoms with Gasteiger partial charge in [0.25, 0.3) is 0 Å². The van der Waals surface area contributed by atoms with Gasteiger partial charge in [-0.05, 0) is 37.0 Å². The minimum Gasteiger partial charge on any atom is -0.480 e. The average molecular weight is 310 g/mol. The van der Waals surface area contributed by atoms with Gasteiger partial charge in [-0.25, -0.2) is 4.79 Å². The molecule has 0 spiro atoms. The van der Waals surface area contributed by atoms with Crippen LogP contribution < -0.4 is 5.32 Å². The second kappa shape index (κ2) is 6.48. The third kappa shape index (κ3) is 3.21. The molecule has 2 N–H and O–H groups in total. The Morgan fingerprint density at radius 2 is 2.14 bits per heavy atom. The smallest absolute Gasteiger partial charge is 0.326 e. The van der Waals surface area contributed by atoms with E-state index in [1.807, 2.05) is 19.1 Å². The van der Waals surface area contributed by atoms with E-state index in [1.54, 1.807) is 12.1 Å². The molecule has 1 aliphatic carbocycles. The van der Waals surface area contributed by atoms with Crippen LogP contribution in [0.4, 0.5) is 0 Å². The quantitative estimate of drug-likeness (QED) is 0.848. The minimum absolute atomic E-state index is 0.197. The zero-order valence-electron chi connectivity index (χ0n) is 12.1. The molecule has 1 fully saturated rings. The Bertz CT molecular complexity index is 540. The molecule has 1 aromatic rings. The largest absolute Gasteiger partial charge is 0.480 e. The van der Waals surface area contributed by atoms with Crippen molar-refractivity contribution in [1.82, 2.24) is 5.32 Å². The number of halogens is 1. The first-order valence-electron chi connectivity index (χ1n) is 7.29. The maximum Gasteiger partial charge on any atom is 0.326 e. The summed E-state index contributed by atoms with van der Waals surface area (Å²) in [5, 5.41) is 12.5. The van der Waals surface area contributed by atoms with Gasteiger partial charge in [0.1, 0.15) is 6.04 Å². The average Bonchev–Trinajstić information content (AvgIpc) is 2.37. The molecule has 0 aliphatic heterocycles. The van der Waals surface area contributed by atoms with E-state index < -0.39 is 17.4 Å². The lowest BCUT2D eigenvalue weighted by molar-refractivity contribution is -0.143. The van der Waals surface area contributed by atoms with Crippen molar-refractivity contribution < 1.29 is 14.7 Å². The van der Waals surface area contributed by atoms with Gasteiger partial charge in [-0.2, -0.15) is 0 Å². The molecule has 0 heterocycles. The maximum absolute atomic E-state index is 12.6. The number of nitrogens with one attached hydrogen (secondary N) is 1. The Hall–Kier alpha value is -1.55. The molecule has 1 aliphatic rings. The minimum atomic E-state index is -0.981. The van der Waals surface area contributed by atoms with Gasteiger partial charge in [0.05, 0.1) is 5.41 Å². The van der Waals surface area contributed by atoms with Crippen LogP contribution in [0.5, 0.6) is 0 Å². The van der Waals surface area contributed by atoms with Crippen LogP contribution in [-0.4, -0.2) is 23.0 Å². The first-order chi connectivity index (χ1) is 9.99. The Balaban J connectivity index is 2.20. The van der Waals surface area contributed by atoms with E-state index in [0.29, 0.717) is 17.9 Å². The summed E-state index contributed by atoms with van der Waals surface area (Å²) in [6.07, 6.45) is 3.58. The highest BCUT2D eigenvalue weighted by atomic mass is 35.5. The van der Waals surface area contributed by atoms with E-state index in [1.165, 1.54) is 0 Å². The summed E-state index contributed by atoms with van der Waals surface area (Å²) < 4.78 is 0. The third-order valence-corrected chi connectivity index (χ3v) is 4.43. The molecule has 1 amide bonds. The number of carbonyl (C=O) groups is 2. The topological polar surface area (TPSA) is 66.4 Å². The van der Waals surface area contributed by atoms with Gasteiger partial charge < -0.3 is 10.4 Å². The molecule has 5 heteroatoms. The number of carbonyl (C=O) groups excluding carboxylic acids is 1. The highest BCUT2D eigenvalue weighted by molar-refractivity contribution is 6.30. The lowest BCUT2D eigenvalue weighted by Gasteiger charge is -2.41. The molecule has 1 atom stereocenters. The molecule has 1 saturated carbocycles. The molecule has 0 aromatic heterocycles. The monoisotopic (exact) mass is 309 g/mol. The van der Waals surface area contributed by atoms with Crippen LogP contribution in [0.25, 0.3) is 0 Å². The van der Waals surface area contributed by atoms with Crippen molar-refractivity contribution in [3.8, 4) is 0 Å². The predicted molar refractivity (Wildman–Crippen MR) is 81.5 cm³/mol. The summed E-state index contributed by atoms with van der Waals surface area (Å²) in [6, 6.07) is 6.47. The molecule has 1 aromatic carbocycles. The molecule has 0 radical (unpaired) electrons. The molecule has 0 saturated heterocycles. The van der Waals surface area contributed by atoms with E-state index in [0.717, 1.165) is 24.8 Å². The molecule has 114 valence electrons. The Kier molecular flexibility index (Phi) is 4.88. The van der Waals surface area contributed by atoms with E-state index in [9.17, 15) is 14.7 Å². The lowest BCUT2D eigenvalue weighted by Crippen LogP contribution is -2.53. The van der Waals surface area contributed by atoms with Crippen LogP contribution in [0.2, 0.25) is 5.02 Å². The second-order valence-corrected chi connectivity index (χ2v) is 6.04. The number of benzene rings is 1. The summed E-state index contributed by atoms with van der Waals surface area (Å²) >= 11 is 6.02. The fourth-order valence-electron chi connectivity index (χ4n) is 2.81. The lowest BCUT2D eigenvalue weighted by atomic mass is 9.63. The van der Waals surface area contributed by atoms with Crippen LogP contribution in [0, 0.1) is 0 Å². The first-order valence-corrected chi connectivity index (χ1v) is 7.67. The van der Waals surface area contributed by atoms with Crippen LogP contribution in [0.3, 0.4) is 0 Å². The van der Waals surface area contributed by atoms with Crippen molar-refractivity contribution in [1.29, 1.82) is 0 Å². The summed E-state index contributed by atoms with van der Waals surface area (Å²) in [6.45, 7) is 1.90. The maximum atomic E-state index is 12.6. The predicted octanol–water partition coefficient (Wildman–Crippen LogP) is 3.13. The fourth-order valence-corrected chi connectivity index (χ4v) is 3.00. The van der Waals surface area contributed by atoms with Crippen molar-refractivity contribution in [2.24, 2.45) is 0 Å². The zero-order chi connectivity index (χ0) is 15.5. The van der Waals surface area contributed by atoms with E-state index >= 15 is 0 Å². The van der Waals surface area contributed by atoms with Crippen LogP contribution in [0.15, 0.2) is 24.3 Å². The summed E-state index contributed by atoms with van der Waals surface area (Å²) in [5.41, 5.74) is 0.256. The number of amides is 1. The van der Waals surface area contributed by atoms with Crippen molar-refractivity contribution >= 4 is 23.5 Å². The second-order valence-electron chi connectivity index (χ2n) is 5.60. The number of aliphatic carboxylic acids is 1. The van der Waals surface area contributed by atoms with Gasteiger partial charge >= 0.3 is 5.97 Å². The van der Waals surface area contributed by atoms with Gasteiger partial charge in [0.15, 0.2) is 0 Å². The normalized spacial score (nSPS) is 17.6. The van der Waals surface area contributed by atoms with Crippen molar-refractivity contribution in [2.75, 3.05) is 0 Å². The van der Waals surface area contributed by atoms with Crippen molar-refractivity contribution in [2.45, 2.75) is 50.5 Å². The summed E-state index contributed by atoms with van der Waals surface area (Å²) in [5.74, 6) is -1.18. The molecular weight excluding hydrogens is 290 g/mol. The van der Waals surface area contributed by atoms with Crippen LogP contribution in [-0.2, 0) is 15.0 Å². The van der Waals surface area contributed by atoms with Gasteiger partial charge in [-0.3, -0.25) is 4.79 Å². The Morgan fingerprint density at radius 3 is 2.62 bits per heavy atom. The molecule has 21 heavy (non-hydrogen) atoms. The van der Waals surface area contributed by atoms with Crippen LogP contribution in [0.1, 0.15) is 44.6 Å². The fraction of sp³-hybridized carbons (Fsp3) is 0.500. The van der Waals surface area contributed by atoms with Crippen LogP contribution >= 0.6 is 11.6 Å². The summed E-state index contributed by atoms with van der Waals surface area (Å²) in [4.78, 5) is 23.8. The highest BCUT2D eigenvalue weighted by Gasteiger charge is 2.46. The van der Waals surface area contributed by atoms with E-state index in [4.69, 9.17) is 11.6 Å². The molecular formula is C16H20ClNO3. The summed E-state index contributed by atoms with van der Waals surface area (Å²) in [7, 11) is 0. The number of hydrogen-bond acceptors (Lipinski definition) is 2. The van der Waals surface area contributed by atoms with E-state index in [2.05, 4.69) is 5.32 Å². The Morgan fingerprint density at radius 1 is 1.43 bits per heavy atom. The Labute approximate surface area is 129 Å². The van der Waals surface area contributed by atoms with E-state index in [-0.39, 0.29) is 5.91 Å². The first kappa shape index (κ1) is 15.8. The van der Waals surface area contributed by atoms with Gasteiger partial charge in [0, 0.05) is 5.02 Å². The number of carboxylic acid groups (broad SMARTS) is 1. The SMILES string of the molecule is CCCC(NC(=O)C1(c2cccc(Cl)c2)CCC1)C(=O)O. The van der Waals surface area contributed by atoms with Crippen molar-refractivity contribution in [3.63, 3.8) is 0 Å². The van der Waals surface area contributed by atoms with Gasteiger partial charge in [0.2, 0.25) is 5.91 Å². The molecule has 0 bridgehead atoms. The zero-order valence-corrected chi connectivity index (χ0v) is 12.8. The van der Waals surface area contributed by atoms with Gasteiger partial charge in [-0.1, -0.05) is 43.5 Å². The molecule has 2 rings (SSSR count). The number of hydrogen-bond donors (Lipinski definition) is 2. The number of carboxylic acids is 1. The standard InChI is InChI=1S/C16H20ClNO3/c1-2-5-13(14(19)20)18-15(21)16(8-4-9-16)11-6-3-7-12(17)10-11/h3,6-7,10,13H,2,4-5,8-9H2,1H3,(H,18,21)(H,19,20).